The average molecular weight is 540 g/mol. The van der Waals surface area contributed by atoms with E-state index in [-0.39, 0.29) is 16.4 Å². The van der Waals surface area contributed by atoms with Crippen LogP contribution >= 0.6 is 0 Å². The van der Waals surface area contributed by atoms with Gasteiger partial charge >= 0.3 is 0 Å². The smallest absolute Gasteiger partial charge is 0.258 e. The van der Waals surface area contributed by atoms with E-state index in [1.807, 2.05) is 6.07 Å². The highest BCUT2D eigenvalue weighted by Gasteiger charge is 2.42. The number of aryl methyl sites for hydroxylation is 1. The van der Waals surface area contributed by atoms with Crippen LogP contribution in [0.15, 0.2) is 30.5 Å². The number of nitrogens with one attached hydrogen (secondary N) is 2. The number of hydrogen-bond donors (Lipinski definition) is 2. The molecule has 11 heteroatoms. The summed E-state index contributed by atoms with van der Waals surface area (Å²) in [5.74, 6) is 0.630. The minimum atomic E-state index is -2.54. The van der Waals surface area contributed by atoms with E-state index in [1.54, 1.807) is 25.3 Å². The zero-order valence-corrected chi connectivity index (χ0v) is 24.0. The zero-order valence-electron chi connectivity index (χ0n) is 23.0. The number of nitriles is 1. The highest BCUT2D eigenvalue weighted by molar-refractivity contribution is 6.74. The third kappa shape index (κ3) is 5.56. The van der Waals surface area contributed by atoms with E-state index in [0.717, 1.165) is 16.8 Å². The zero-order chi connectivity index (χ0) is 27.9. The van der Waals surface area contributed by atoms with Crippen molar-refractivity contribution < 1.29 is 13.2 Å². The fraction of sp³-hybridized carbons (Fsp3) is 0.481. The summed E-state index contributed by atoms with van der Waals surface area (Å²) < 4.78 is 33.8. The molecule has 0 amide bonds. The first-order valence-corrected chi connectivity index (χ1v) is 15.5. The van der Waals surface area contributed by atoms with Gasteiger partial charge in [0.2, 0.25) is 5.95 Å². The Morgan fingerprint density at radius 3 is 2.68 bits per heavy atom. The Morgan fingerprint density at radius 1 is 1.29 bits per heavy atom. The number of alkyl halides is 2. The quantitative estimate of drug-likeness (QED) is 0.327. The predicted molar refractivity (Wildman–Crippen MR) is 147 cm³/mol. The lowest BCUT2D eigenvalue weighted by Crippen LogP contribution is -2.45. The van der Waals surface area contributed by atoms with Gasteiger partial charge in [-0.15, -0.1) is 0 Å². The number of rotatable bonds is 8. The van der Waals surface area contributed by atoms with Crippen LogP contribution in [0, 0.1) is 18.3 Å². The van der Waals surface area contributed by atoms with Crippen LogP contribution in [-0.2, 0) is 16.4 Å². The first kappa shape index (κ1) is 27.7. The fourth-order valence-electron chi connectivity index (χ4n) is 4.22. The van der Waals surface area contributed by atoms with Gasteiger partial charge in [-0.1, -0.05) is 27.7 Å². The fourth-order valence-corrected chi connectivity index (χ4v) is 5.33. The summed E-state index contributed by atoms with van der Waals surface area (Å²) in [5, 5.41) is 20.6. The van der Waals surface area contributed by atoms with Crippen LogP contribution < -0.4 is 10.6 Å². The molecule has 2 aromatic heterocycles. The number of hydrogen-bond acceptors (Lipinski definition) is 7. The Labute approximate surface area is 223 Å². The molecular formula is C27H35F2N7OSi. The third-order valence-corrected chi connectivity index (χ3v) is 12.0. The molecule has 0 radical (unpaired) electrons. The average Bonchev–Trinajstić information content (AvgIpc) is 3.35. The highest BCUT2D eigenvalue weighted by atomic mass is 28.4. The number of benzene rings is 1. The molecule has 2 N–H and O–H groups in total. The molecule has 0 aliphatic carbocycles. The van der Waals surface area contributed by atoms with Crippen LogP contribution in [0.4, 0.5) is 26.2 Å². The Kier molecular flexibility index (Phi) is 7.33. The van der Waals surface area contributed by atoms with Crippen molar-refractivity contribution in [3.8, 4) is 17.3 Å². The molecule has 1 aliphatic rings. The molecule has 1 atom stereocenters. The van der Waals surface area contributed by atoms with Gasteiger partial charge in [0.25, 0.3) is 6.43 Å². The van der Waals surface area contributed by atoms with Crippen molar-refractivity contribution in [3.05, 3.63) is 47.3 Å². The van der Waals surface area contributed by atoms with E-state index in [1.165, 1.54) is 4.68 Å². The van der Waals surface area contributed by atoms with Crippen molar-refractivity contribution in [2.45, 2.75) is 71.1 Å². The molecule has 0 bridgehead atoms. The maximum absolute atomic E-state index is 13.0. The molecule has 0 saturated carbocycles. The molecule has 0 saturated heterocycles. The molecular weight excluding hydrogens is 504 g/mol. The lowest BCUT2D eigenvalue weighted by Gasteiger charge is -2.39. The van der Waals surface area contributed by atoms with Crippen LogP contribution in [-0.4, -0.2) is 47.6 Å². The molecule has 1 aromatic carbocycles. The predicted octanol–water partition coefficient (Wildman–Crippen LogP) is 6.23. The van der Waals surface area contributed by atoms with Crippen molar-refractivity contribution in [1.82, 2.24) is 19.7 Å². The minimum Gasteiger partial charge on any atom is -0.416 e. The van der Waals surface area contributed by atoms with E-state index >= 15 is 0 Å². The third-order valence-electron chi connectivity index (χ3n) is 7.53. The normalized spacial score (nSPS) is 17.3. The van der Waals surface area contributed by atoms with Gasteiger partial charge in [0.15, 0.2) is 8.32 Å². The van der Waals surface area contributed by atoms with E-state index < -0.39 is 21.3 Å². The summed E-state index contributed by atoms with van der Waals surface area (Å²) >= 11 is 0. The molecule has 0 fully saturated rings. The lowest BCUT2D eigenvalue weighted by molar-refractivity contribution is 0.122. The second kappa shape index (κ2) is 10.1. The Hall–Kier alpha value is -3.36. The summed E-state index contributed by atoms with van der Waals surface area (Å²) in [6, 6.07) is 9.62. The van der Waals surface area contributed by atoms with Gasteiger partial charge in [-0.3, -0.25) is 0 Å². The largest absolute Gasteiger partial charge is 0.416 e. The monoisotopic (exact) mass is 539 g/mol. The van der Waals surface area contributed by atoms with Crippen LogP contribution in [0.25, 0.3) is 11.3 Å². The first-order chi connectivity index (χ1) is 17.7. The molecule has 1 aliphatic heterocycles. The number of anilines is 3. The SMILES string of the molecule is Cc1cc(Nc2nccc(-c3cc(C#N)c4c(c3)[C@@](C)(CO[Si](C)(C)C(C)(C)C)CN4)n2)n(CC(F)F)n1. The summed E-state index contributed by atoms with van der Waals surface area (Å²) in [7, 11) is -1.97. The molecule has 0 spiro atoms. The topological polar surface area (TPSA) is 101 Å². The van der Waals surface area contributed by atoms with Crippen molar-refractivity contribution in [3.63, 3.8) is 0 Å². The maximum Gasteiger partial charge on any atom is 0.258 e. The van der Waals surface area contributed by atoms with Crippen LogP contribution in [0.5, 0.6) is 0 Å². The molecule has 3 heterocycles. The van der Waals surface area contributed by atoms with E-state index in [9.17, 15) is 14.0 Å². The second-order valence-electron chi connectivity index (χ2n) is 11.7. The molecule has 0 unspecified atom stereocenters. The van der Waals surface area contributed by atoms with Gasteiger partial charge in [0, 0.05) is 36.4 Å². The molecule has 3 aromatic rings. The second-order valence-corrected chi connectivity index (χ2v) is 16.5. The van der Waals surface area contributed by atoms with Crippen LogP contribution in [0.3, 0.4) is 0 Å². The van der Waals surface area contributed by atoms with Crippen molar-refractivity contribution in [1.29, 1.82) is 5.26 Å². The lowest BCUT2D eigenvalue weighted by atomic mass is 9.83. The Morgan fingerprint density at radius 2 is 2.03 bits per heavy atom. The first-order valence-electron chi connectivity index (χ1n) is 12.6. The van der Waals surface area contributed by atoms with E-state index in [0.29, 0.717) is 35.9 Å². The van der Waals surface area contributed by atoms with Gasteiger partial charge in [0.05, 0.1) is 22.6 Å². The summed E-state index contributed by atoms with van der Waals surface area (Å²) in [6.07, 6.45) is -0.940. The molecule has 38 heavy (non-hydrogen) atoms. The number of aromatic nitrogens is 4. The highest BCUT2D eigenvalue weighted by Crippen LogP contribution is 2.44. The number of nitrogens with zero attached hydrogens (tertiary/aromatic N) is 5. The van der Waals surface area contributed by atoms with Gasteiger partial charge in [-0.2, -0.15) is 10.4 Å². The minimum absolute atomic E-state index is 0.0888. The van der Waals surface area contributed by atoms with Crippen molar-refractivity contribution >= 4 is 25.8 Å². The summed E-state index contributed by atoms with van der Waals surface area (Å²) in [5.41, 5.74) is 4.05. The van der Waals surface area contributed by atoms with Gasteiger partial charge in [-0.25, -0.2) is 23.4 Å². The molecule has 202 valence electrons. The Balaban J connectivity index is 1.66. The van der Waals surface area contributed by atoms with Gasteiger partial charge in [-0.05, 0) is 48.8 Å². The van der Waals surface area contributed by atoms with Crippen molar-refractivity contribution in [2.24, 2.45) is 0 Å². The molecule has 4 rings (SSSR count). The van der Waals surface area contributed by atoms with Crippen LogP contribution in [0.2, 0.25) is 18.1 Å². The van der Waals surface area contributed by atoms with E-state index in [4.69, 9.17) is 4.43 Å². The standard InChI is InChI=1S/C27H35F2N7OSi/c1-17-10-23(36(35-17)14-22(28)29)34-25-31-9-8-21(33-25)18-11-19(13-30)24-20(12-18)27(5,15-32-24)16-37-38(6,7)26(2,3)4/h8-12,22,32H,14-16H2,1-7H3,(H,31,33,34)/t27-/m1/s1. The van der Waals surface area contributed by atoms with E-state index in [2.05, 4.69) is 78.6 Å². The van der Waals surface area contributed by atoms with Gasteiger partial charge in [0.1, 0.15) is 18.4 Å². The van der Waals surface area contributed by atoms with Crippen molar-refractivity contribution in [2.75, 3.05) is 23.8 Å². The summed E-state index contributed by atoms with van der Waals surface area (Å²) in [4.78, 5) is 8.90. The number of halogens is 2. The number of fused-ring (bicyclic) bond motifs is 1. The Bertz CT molecular complexity index is 1380. The molecule has 8 nitrogen and oxygen atoms in total. The van der Waals surface area contributed by atoms with Gasteiger partial charge < -0.3 is 15.1 Å². The maximum atomic E-state index is 13.0. The van der Waals surface area contributed by atoms with Crippen LogP contribution in [0.1, 0.15) is 44.5 Å². The summed E-state index contributed by atoms with van der Waals surface area (Å²) in [6.45, 7) is 15.7.